The molecular weight excluding hydrogens is 229 g/mol. The maximum absolute atomic E-state index is 12.7. The van der Waals surface area contributed by atoms with Gasteiger partial charge in [0.05, 0.1) is 0 Å². The monoisotopic (exact) mass is 232 g/mol. The van der Waals surface area contributed by atoms with Crippen LogP contribution in [0.1, 0.15) is 11.1 Å². The lowest BCUT2D eigenvalue weighted by molar-refractivity contribution is -0.143. The first kappa shape index (κ1) is 11.8. The van der Waals surface area contributed by atoms with Crippen LogP contribution in [-0.2, 0) is 6.18 Å². The summed E-state index contributed by atoms with van der Waals surface area (Å²) in [6, 6.07) is 0. The summed E-state index contributed by atoms with van der Waals surface area (Å²) in [6.07, 6.45) is -5.48. The molecule has 7 heteroatoms. The van der Waals surface area contributed by atoms with Gasteiger partial charge >= 0.3 is 6.18 Å². The third-order valence-corrected chi connectivity index (χ3v) is 1.77. The largest absolute Gasteiger partial charge is 0.422 e. The van der Waals surface area contributed by atoms with Crippen molar-refractivity contribution in [2.24, 2.45) is 0 Å². The fourth-order valence-corrected chi connectivity index (χ4v) is 0.990. The van der Waals surface area contributed by atoms with Crippen LogP contribution in [0.3, 0.4) is 0 Å². The van der Waals surface area contributed by atoms with E-state index < -0.39 is 40.6 Å². The zero-order chi connectivity index (χ0) is 12.0. The van der Waals surface area contributed by atoms with Gasteiger partial charge < -0.3 is 0 Å². The van der Waals surface area contributed by atoms with Crippen LogP contribution in [0.4, 0.5) is 30.7 Å². The SMILES string of the molecule is Cc1c(F)c(F)c(C(F)(F)F)c(F)c1F. The normalized spacial score (nSPS) is 12.0. The van der Waals surface area contributed by atoms with Crippen molar-refractivity contribution in [1.29, 1.82) is 0 Å². The molecule has 0 amide bonds. The van der Waals surface area contributed by atoms with Gasteiger partial charge in [-0.2, -0.15) is 13.2 Å². The zero-order valence-electron chi connectivity index (χ0n) is 7.15. The van der Waals surface area contributed by atoms with E-state index in [1.54, 1.807) is 0 Å². The van der Waals surface area contributed by atoms with Gasteiger partial charge in [-0.05, 0) is 6.92 Å². The Morgan fingerprint density at radius 2 is 1.07 bits per heavy atom. The smallest absolute Gasteiger partial charge is 0.203 e. The quantitative estimate of drug-likeness (QED) is 0.473. The molecule has 1 aromatic rings. The molecule has 0 unspecified atom stereocenters. The molecule has 0 aliphatic heterocycles. The van der Waals surface area contributed by atoms with Crippen molar-refractivity contribution in [1.82, 2.24) is 0 Å². The molecule has 1 rings (SSSR count). The van der Waals surface area contributed by atoms with E-state index in [-0.39, 0.29) is 0 Å². The molecule has 15 heavy (non-hydrogen) atoms. The Kier molecular flexibility index (Phi) is 2.67. The molecule has 0 heterocycles. The highest BCUT2D eigenvalue weighted by molar-refractivity contribution is 5.30. The van der Waals surface area contributed by atoms with Crippen molar-refractivity contribution in [2.45, 2.75) is 13.1 Å². The first-order valence-corrected chi connectivity index (χ1v) is 3.57. The maximum Gasteiger partial charge on any atom is 0.422 e. The van der Waals surface area contributed by atoms with Gasteiger partial charge in [-0.15, -0.1) is 0 Å². The topological polar surface area (TPSA) is 0 Å². The summed E-state index contributed by atoms with van der Waals surface area (Å²) in [5.41, 5.74) is -3.68. The molecule has 0 fully saturated rings. The summed E-state index contributed by atoms with van der Waals surface area (Å²) < 4.78 is 86.7. The minimum absolute atomic E-state index is 0.636. The Morgan fingerprint density at radius 1 is 0.733 bits per heavy atom. The number of hydrogen-bond donors (Lipinski definition) is 0. The molecule has 0 N–H and O–H groups in total. The van der Waals surface area contributed by atoms with Crippen LogP contribution < -0.4 is 0 Å². The summed E-state index contributed by atoms with van der Waals surface area (Å²) >= 11 is 0. The van der Waals surface area contributed by atoms with E-state index in [9.17, 15) is 30.7 Å². The predicted molar refractivity (Wildman–Crippen MR) is 36.0 cm³/mol. The van der Waals surface area contributed by atoms with Gasteiger partial charge in [0.2, 0.25) is 0 Å². The number of halogens is 7. The minimum Gasteiger partial charge on any atom is -0.203 e. The Balaban J connectivity index is 3.68. The van der Waals surface area contributed by atoms with Gasteiger partial charge in [0.25, 0.3) is 0 Å². The highest BCUT2D eigenvalue weighted by Gasteiger charge is 2.41. The lowest BCUT2D eigenvalue weighted by Crippen LogP contribution is -2.16. The van der Waals surface area contributed by atoms with Gasteiger partial charge in [0, 0.05) is 5.56 Å². The van der Waals surface area contributed by atoms with Crippen molar-refractivity contribution >= 4 is 0 Å². The fourth-order valence-electron chi connectivity index (χ4n) is 0.990. The molecule has 0 bridgehead atoms. The van der Waals surface area contributed by atoms with Crippen molar-refractivity contribution in [2.75, 3.05) is 0 Å². The molecule has 0 aliphatic carbocycles. The number of rotatable bonds is 0. The number of hydrogen-bond acceptors (Lipinski definition) is 0. The summed E-state index contributed by atoms with van der Waals surface area (Å²) in [5, 5.41) is 0. The van der Waals surface area contributed by atoms with Gasteiger partial charge in [0.15, 0.2) is 23.3 Å². The molecular formula is C8H3F7. The van der Waals surface area contributed by atoms with Crippen LogP contribution in [0, 0.1) is 30.2 Å². The second-order valence-electron chi connectivity index (χ2n) is 2.75. The second-order valence-corrected chi connectivity index (χ2v) is 2.75. The molecule has 0 radical (unpaired) electrons. The second kappa shape index (κ2) is 3.39. The Labute approximate surface area is 79.3 Å². The molecule has 0 saturated carbocycles. The average Bonchev–Trinajstić information content (AvgIpc) is 2.09. The standard InChI is InChI=1S/C8H3F7/c1-2-4(9)6(11)3(8(13,14)15)7(12)5(2)10/h1H3. The Bertz CT molecular complexity index is 375. The summed E-state index contributed by atoms with van der Waals surface area (Å²) in [7, 11) is 0. The molecule has 1 aromatic carbocycles. The van der Waals surface area contributed by atoms with Crippen LogP contribution in [0.2, 0.25) is 0 Å². The minimum atomic E-state index is -5.48. The van der Waals surface area contributed by atoms with E-state index in [0.717, 1.165) is 0 Å². The molecule has 0 aliphatic rings. The highest BCUT2D eigenvalue weighted by atomic mass is 19.4. The van der Waals surface area contributed by atoms with E-state index in [1.165, 1.54) is 0 Å². The van der Waals surface area contributed by atoms with Crippen molar-refractivity contribution in [3.8, 4) is 0 Å². The lowest BCUT2D eigenvalue weighted by Gasteiger charge is -2.11. The van der Waals surface area contributed by atoms with Crippen LogP contribution in [0.25, 0.3) is 0 Å². The van der Waals surface area contributed by atoms with Crippen LogP contribution in [0.5, 0.6) is 0 Å². The molecule has 0 nitrogen and oxygen atoms in total. The Morgan fingerprint density at radius 3 is 1.33 bits per heavy atom. The summed E-state index contributed by atoms with van der Waals surface area (Å²) in [6.45, 7) is 0.636. The molecule has 0 atom stereocenters. The average molecular weight is 232 g/mol. The van der Waals surface area contributed by atoms with E-state index >= 15 is 0 Å². The molecule has 0 saturated heterocycles. The van der Waals surface area contributed by atoms with E-state index in [0.29, 0.717) is 6.92 Å². The number of alkyl halides is 3. The lowest BCUT2D eigenvalue weighted by atomic mass is 10.1. The maximum atomic E-state index is 12.7. The van der Waals surface area contributed by atoms with Crippen molar-refractivity contribution in [3.05, 3.63) is 34.4 Å². The van der Waals surface area contributed by atoms with E-state index in [4.69, 9.17) is 0 Å². The van der Waals surface area contributed by atoms with Crippen LogP contribution in [0.15, 0.2) is 0 Å². The fraction of sp³-hybridized carbons (Fsp3) is 0.250. The molecule has 0 spiro atoms. The van der Waals surface area contributed by atoms with Gasteiger partial charge in [-0.3, -0.25) is 0 Å². The van der Waals surface area contributed by atoms with E-state index in [1.807, 2.05) is 0 Å². The van der Waals surface area contributed by atoms with Gasteiger partial charge in [-0.25, -0.2) is 17.6 Å². The van der Waals surface area contributed by atoms with Gasteiger partial charge in [0.1, 0.15) is 5.56 Å². The first-order chi connectivity index (χ1) is 6.68. The number of benzene rings is 1. The zero-order valence-corrected chi connectivity index (χ0v) is 7.15. The van der Waals surface area contributed by atoms with Gasteiger partial charge in [-0.1, -0.05) is 0 Å². The third kappa shape index (κ3) is 1.78. The van der Waals surface area contributed by atoms with Crippen LogP contribution >= 0.6 is 0 Å². The van der Waals surface area contributed by atoms with Crippen LogP contribution in [-0.4, -0.2) is 0 Å². The molecule has 84 valence electrons. The highest BCUT2D eigenvalue weighted by Crippen LogP contribution is 2.36. The summed E-state index contributed by atoms with van der Waals surface area (Å²) in [4.78, 5) is 0. The Hall–Kier alpha value is -1.27. The van der Waals surface area contributed by atoms with Crippen molar-refractivity contribution < 1.29 is 30.7 Å². The van der Waals surface area contributed by atoms with E-state index in [2.05, 4.69) is 0 Å². The predicted octanol–water partition coefficient (Wildman–Crippen LogP) is 3.57. The first-order valence-electron chi connectivity index (χ1n) is 3.57. The third-order valence-electron chi connectivity index (χ3n) is 1.77. The summed E-state index contributed by atoms with van der Waals surface area (Å²) in [5.74, 6) is -8.94. The molecule has 0 aromatic heterocycles. The van der Waals surface area contributed by atoms with Crippen molar-refractivity contribution in [3.63, 3.8) is 0 Å².